The number of anilines is 1. The van der Waals surface area contributed by atoms with Gasteiger partial charge in [-0.1, -0.05) is 35.3 Å². The number of carbonyl (C=O) groups is 1. The van der Waals surface area contributed by atoms with Gasteiger partial charge in [0.05, 0.1) is 5.02 Å². The van der Waals surface area contributed by atoms with Crippen molar-refractivity contribution in [3.63, 3.8) is 0 Å². The highest BCUT2D eigenvalue weighted by Gasteiger charge is 2.16. The number of nitrogens with one attached hydrogen (secondary N) is 3. The first kappa shape index (κ1) is 13.5. The van der Waals surface area contributed by atoms with E-state index >= 15 is 0 Å². The monoisotopic (exact) mass is 309 g/mol. The molecule has 1 aromatic heterocycles. The minimum Gasteiger partial charge on any atom is -0.340 e. The minimum atomic E-state index is -0.245. The second-order valence-electron chi connectivity index (χ2n) is 4.67. The lowest BCUT2D eigenvalue weighted by Gasteiger charge is -2.20. The van der Waals surface area contributed by atoms with Crippen LogP contribution in [0.5, 0.6) is 0 Å². The lowest BCUT2D eigenvalue weighted by Crippen LogP contribution is -2.25. The minimum absolute atomic E-state index is 0.245. The molecule has 0 spiro atoms. The van der Waals surface area contributed by atoms with E-state index in [9.17, 15) is 4.79 Å². The third kappa shape index (κ3) is 2.54. The lowest BCUT2D eigenvalue weighted by molar-refractivity contribution is 0.102. The van der Waals surface area contributed by atoms with Crippen LogP contribution >= 0.6 is 23.2 Å². The molecule has 0 saturated carbocycles. The Bertz CT molecular complexity index is 647. The van der Waals surface area contributed by atoms with E-state index in [1.807, 2.05) is 12.1 Å². The molecule has 2 heterocycles. The van der Waals surface area contributed by atoms with E-state index in [1.165, 1.54) is 17.2 Å². The Hall–Kier alpha value is -1.49. The van der Waals surface area contributed by atoms with Gasteiger partial charge in [-0.3, -0.25) is 4.79 Å². The molecule has 0 fully saturated rings. The average Bonchev–Trinajstić information content (AvgIpc) is 2.79. The van der Waals surface area contributed by atoms with Gasteiger partial charge in [0.2, 0.25) is 0 Å². The van der Waals surface area contributed by atoms with Gasteiger partial charge in [-0.25, -0.2) is 0 Å². The summed E-state index contributed by atoms with van der Waals surface area (Å²) in [7, 11) is 0. The zero-order valence-electron chi connectivity index (χ0n) is 10.6. The van der Waals surface area contributed by atoms with Gasteiger partial charge in [-0.2, -0.15) is 0 Å². The normalized spacial score (nSPS) is 13.9. The van der Waals surface area contributed by atoms with Crippen molar-refractivity contribution in [3.8, 4) is 0 Å². The Balaban J connectivity index is 1.86. The third-order valence-corrected chi connectivity index (χ3v) is 4.05. The van der Waals surface area contributed by atoms with Crippen LogP contribution in [0.3, 0.4) is 0 Å². The summed E-state index contributed by atoms with van der Waals surface area (Å²) in [5.41, 5.74) is 3.60. The van der Waals surface area contributed by atoms with Gasteiger partial charge in [-0.15, -0.1) is 0 Å². The SMILES string of the molecule is O=C(Nc1cccc2c1CCNC2)c1cc(Cl)c(Cl)[nH]1. The molecule has 1 aliphatic heterocycles. The van der Waals surface area contributed by atoms with Crippen LogP contribution < -0.4 is 10.6 Å². The predicted molar refractivity (Wildman–Crippen MR) is 80.6 cm³/mol. The summed E-state index contributed by atoms with van der Waals surface area (Å²) >= 11 is 11.7. The van der Waals surface area contributed by atoms with Crippen LogP contribution in [0.2, 0.25) is 10.2 Å². The van der Waals surface area contributed by atoms with Gasteiger partial charge in [0.1, 0.15) is 10.8 Å². The molecule has 1 amide bonds. The molecule has 0 bridgehead atoms. The number of aromatic nitrogens is 1. The van der Waals surface area contributed by atoms with E-state index in [2.05, 4.69) is 21.7 Å². The summed E-state index contributed by atoms with van der Waals surface area (Å²) in [5.74, 6) is -0.245. The number of halogens is 2. The fourth-order valence-electron chi connectivity index (χ4n) is 2.37. The van der Waals surface area contributed by atoms with Crippen LogP contribution in [0, 0.1) is 0 Å². The zero-order chi connectivity index (χ0) is 14.1. The number of fused-ring (bicyclic) bond motifs is 1. The highest BCUT2D eigenvalue weighted by molar-refractivity contribution is 6.41. The van der Waals surface area contributed by atoms with Crippen LogP contribution in [-0.4, -0.2) is 17.4 Å². The molecule has 4 nitrogen and oxygen atoms in total. The van der Waals surface area contributed by atoms with Crippen LogP contribution in [0.4, 0.5) is 5.69 Å². The van der Waals surface area contributed by atoms with Crippen molar-refractivity contribution >= 4 is 34.8 Å². The molecule has 104 valence electrons. The van der Waals surface area contributed by atoms with Gasteiger partial charge in [-0.05, 0) is 36.2 Å². The van der Waals surface area contributed by atoms with E-state index < -0.39 is 0 Å². The average molecular weight is 310 g/mol. The Labute approximate surface area is 126 Å². The van der Waals surface area contributed by atoms with Gasteiger partial charge in [0, 0.05) is 12.2 Å². The summed E-state index contributed by atoms with van der Waals surface area (Å²) in [4.78, 5) is 14.9. The summed E-state index contributed by atoms with van der Waals surface area (Å²) in [6, 6.07) is 7.44. The number of aromatic amines is 1. The Kier molecular flexibility index (Phi) is 3.70. The number of hydrogen-bond donors (Lipinski definition) is 3. The fourth-order valence-corrected chi connectivity index (χ4v) is 2.68. The van der Waals surface area contributed by atoms with Crippen LogP contribution in [0.15, 0.2) is 24.3 Å². The second-order valence-corrected chi connectivity index (χ2v) is 5.45. The molecule has 0 radical (unpaired) electrons. The summed E-state index contributed by atoms with van der Waals surface area (Å²) in [5, 5.41) is 6.84. The topological polar surface area (TPSA) is 56.9 Å². The van der Waals surface area contributed by atoms with E-state index in [4.69, 9.17) is 23.2 Å². The molecule has 0 saturated heterocycles. The van der Waals surface area contributed by atoms with Crippen molar-refractivity contribution in [1.82, 2.24) is 10.3 Å². The number of rotatable bonds is 2. The molecule has 0 aliphatic carbocycles. The molecule has 2 aromatic rings. The molecular formula is C14H13Cl2N3O. The van der Waals surface area contributed by atoms with Crippen molar-refractivity contribution in [2.24, 2.45) is 0 Å². The van der Waals surface area contributed by atoms with Crippen molar-refractivity contribution in [2.75, 3.05) is 11.9 Å². The second kappa shape index (κ2) is 5.48. The van der Waals surface area contributed by atoms with Gasteiger partial charge in [0.25, 0.3) is 5.91 Å². The molecule has 0 unspecified atom stereocenters. The van der Waals surface area contributed by atoms with Crippen LogP contribution in [0.1, 0.15) is 21.6 Å². The Morgan fingerprint density at radius 1 is 1.30 bits per heavy atom. The van der Waals surface area contributed by atoms with Crippen molar-refractivity contribution < 1.29 is 4.79 Å². The summed E-state index contributed by atoms with van der Waals surface area (Å²) < 4.78 is 0. The van der Waals surface area contributed by atoms with Crippen LogP contribution in [0.25, 0.3) is 0 Å². The molecule has 1 aliphatic rings. The molecule has 3 rings (SSSR count). The molecule has 0 atom stereocenters. The quantitative estimate of drug-likeness (QED) is 0.798. The highest BCUT2D eigenvalue weighted by Crippen LogP contribution is 2.25. The lowest BCUT2D eigenvalue weighted by atomic mass is 9.99. The zero-order valence-corrected chi connectivity index (χ0v) is 12.1. The third-order valence-electron chi connectivity index (χ3n) is 3.36. The smallest absolute Gasteiger partial charge is 0.272 e. The number of amides is 1. The first-order valence-electron chi connectivity index (χ1n) is 6.32. The first-order valence-corrected chi connectivity index (χ1v) is 7.07. The highest BCUT2D eigenvalue weighted by atomic mass is 35.5. The van der Waals surface area contributed by atoms with Crippen molar-refractivity contribution in [3.05, 3.63) is 51.3 Å². The van der Waals surface area contributed by atoms with E-state index in [0.29, 0.717) is 10.7 Å². The number of H-pyrrole nitrogens is 1. The van der Waals surface area contributed by atoms with E-state index in [-0.39, 0.29) is 11.1 Å². The van der Waals surface area contributed by atoms with Gasteiger partial charge >= 0.3 is 0 Å². The van der Waals surface area contributed by atoms with Crippen LogP contribution in [-0.2, 0) is 13.0 Å². The number of benzene rings is 1. The largest absolute Gasteiger partial charge is 0.340 e. The Morgan fingerprint density at radius 3 is 2.90 bits per heavy atom. The van der Waals surface area contributed by atoms with Crippen molar-refractivity contribution in [1.29, 1.82) is 0 Å². The van der Waals surface area contributed by atoms with E-state index in [0.717, 1.165) is 25.2 Å². The fraction of sp³-hybridized carbons (Fsp3) is 0.214. The standard InChI is InChI=1S/C14H13Cl2N3O/c15-10-6-12(18-13(10)16)14(20)19-11-3-1-2-8-7-17-5-4-9(8)11/h1-3,6,17-18H,4-5,7H2,(H,19,20). The van der Waals surface area contributed by atoms with Crippen molar-refractivity contribution in [2.45, 2.75) is 13.0 Å². The maximum absolute atomic E-state index is 12.2. The molecule has 3 N–H and O–H groups in total. The number of hydrogen-bond acceptors (Lipinski definition) is 2. The Morgan fingerprint density at radius 2 is 2.15 bits per heavy atom. The maximum Gasteiger partial charge on any atom is 0.272 e. The van der Waals surface area contributed by atoms with E-state index in [1.54, 1.807) is 0 Å². The molecule has 1 aromatic carbocycles. The molecule has 6 heteroatoms. The predicted octanol–water partition coefficient (Wildman–Crippen LogP) is 3.22. The molecular weight excluding hydrogens is 297 g/mol. The number of carbonyl (C=O) groups excluding carboxylic acids is 1. The maximum atomic E-state index is 12.2. The molecule has 20 heavy (non-hydrogen) atoms. The summed E-state index contributed by atoms with van der Waals surface area (Å²) in [6.07, 6.45) is 0.901. The van der Waals surface area contributed by atoms with Gasteiger partial charge < -0.3 is 15.6 Å². The summed E-state index contributed by atoms with van der Waals surface area (Å²) in [6.45, 7) is 1.75. The first-order chi connectivity index (χ1) is 9.65. The van der Waals surface area contributed by atoms with Gasteiger partial charge in [0.15, 0.2) is 0 Å².